The number of rotatable bonds is 7. The first-order valence-electron chi connectivity index (χ1n) is 7.28. The van der Waals surface area contributed by atoms with E-state index >= 15 is 0 Å². The molecule has 6 heteroatoms. The van der Waals surface area contributed by atoms with E-state index in [9.17, 15) is 14.7 Å². The minimum absolute atomic E-state index is 0.254. The fourth-order valence-corrected chi connectivity index (χ4v) is 2.30. The second kappa shape index (κ2) is 7.54. The summed E-state index contributed by atoms with van der Waals surface area (Å²) in [7, 11) is 0. The number of amides is 2. The van der Waals surface area contributed by atoms with Crippen molar-refractivity contribution in [3.05, 3.63) is 23.8 Å². The number of hydrogen-bond donors (Lipinski definition) is 2. The van der Waals surface area contributed by atoms with E-state index in [0.717, 1.165) is 0 Å². The molecule has 0 bridgehead atoms. The zero-order chi connectivity index (χ0) is 17.6. The van der Waals surface area contributed by atoms with Crippen molar-refractivity contribution in [2.24, 2.45) is 5.73 Å². The van der Waals surface area contributed by atoms with E-state index in [2.05, 4.69) is 5.92 Å². The van der Waals surface area contributed by atoms with Gasteiger partial charge >= 0.3 is 6.09 Å². The summed E-state index contributed by atoms with van der Waals surface area (Å²) in [6.45, 7) is 5.68. The number of hydrogen-bond acceptors (Lipinski definition) is 3. The zero-order valence-electron chi connectivity index (χ0n) is 13.6. The number of carbonyl (C=O) groups excluding carboxylic acids is 1. The summed E-state index contributed by atoms with van der Waals surface area (Å²) in [5.41, 5.74) is 5.14. The van der Waals surface area contributed by atoms with E-state index < -0.39 is 17.5 Å². The van der Waals surface area contributed by atoms with E-state index in [0.29, 0.717) is 30.9 Å². The predicted molar refractivity (Wildman–Crippen MR) is 88.8 cm³/mol. The minimum Gasteiger partial charge on any atom is -0.492 e. The molecule has 23 heavy (non-hydrogen) atoms. The monoisotopic (exact) mass is 318 g/mol. The summed E-state index contributed by atoms with van der Waals surface area (Å²) in [5, 5.41) is 9.66. The van der Waals surface area contributed by atoms with Crippen molar-refractivity contribution in [3.63, 3.8) is 0 Å². The van der Waals surface area contributed by atoms with Gasteiger partial charge in [-0.2, -0.15) is 0 Å². The Labute approximate surface area is 136 Å². The molecular formula is C17H22N2O4. The fraction of sp³-hybridized carbons (Fsp3) is 0.412. The topological polar surface area (TPSA) is 92.9 Å². The number of nitrogens with two attached hydrogens (primary N) is 1. The zero-order valence-corrected chi connectivity index (χ0v) is 13.6. The summed E-state index contributed by atoms with van der Waals surface area (Å²) in [5.74, 6) is 2.21. The molecule has 0 heterocycles. The number of primary amides is 1. The van der Waals surface area contributed by atoms with Gasteiger partial charge in [0.1, 0.15) is 5.75 Å². The normalized spacial score (nSPS) is 10.7. The molecule has 2 amide bonds. The predicted octanol–water partition coefficient (Wildman–Crippen LogP) is 2.86. The average molecular weight is 318 g/mol. The summed E-state index contributed by atoms with van der Waals surface area (Å²) in [6.07, 6.45) is 5.09. The first-order valence-corrected chi connectivity index (χ1v) is 7.28. The van der Waals surface area contributed by atoms with E-state index in [1.807, 2.05) is 0 Å². The third-order valence-corrected chi connectivity index (χ3v) is 3.46. The molecule has 1 rings (SSSR count). The Bertz CT molecular complexity index is 632. The van der Waals surface area contributed by atoms with Crippen LogP contribution in [-0.2, 0) is 0 Å². The second-order valence-electron chi connectivity index (χ2n) is 5.61. The third-order valence-electron chi connectivity index (χ3n) is 3.46. The van der Waals surface area contributed by atoms with Gasteiger partial charge in [0.15, 0.2) is 0 Å². The Morgan fingerprint density at radius 1 is 1.43 bits per heavy atom. The molecule has 0 aliphatic rings. The molecule has 0 unspecified atom stereocenters. The van der Waals surface area contributed by atoms with Crippen LogP contribution >= 0.6 is 0 Å². The highest BCUT2D eigenvalue weighted by atomic mass is 16.5. The van der Waals surface area contributed by atoms with Gasteiger partial charge in [-0.3, -0.25) is 9.69 Å². The lowest BCUT2D eigenvalue weighted by atomic mass is 9.95. The first kappa shape index (κ1) is 18.4. The van der Waals surface area contributed by atoms with Gasteiger partial charge in [0, 0.05) is 17.5 Å². The lowest BCUT2D eigenvalue weighted by Gasteiger charge is -2.37. The van der Waals surface area contributed by atoms with Gasteiger partial charge in [0.05, 0.1) is 12.3 Å². The number of carboxylic acid groups (broad SMARTS) is 1. The van der Waals surface area contributed by atoms with E-state index in [-0.39, 0.29) is 5.56 Å². The highest BCUT2D eigenvalue weighted by Crippen LogP contribution is 2.36. The molecule has 0 saturated carbocycles. The molecule has 0 saturated heterocycles. The van der Waals surface area contributed by atoms with Gasteiger partial charge < -0.3 is 15.6 Å². The second-order valence-corrected chi connectivity index (χ2v) is 5.61. The molecule has 0 aromatic heterocycles. The lowest BCUT2D eigenvalue weighted by molar-refractivity contribution is 0.1000. The van der Waals surface area contributed by atoms with E-state index in [1.54, 1.807) is 20.8 Å². The first-order chi connectivity index (χ1) is 10.7. The van der Waals surface area contributed by atoms with E-state index in [4.69, 9.17) is 16.9 Å². The SMILES string of the molecule is C#CCCC(C)(C)N(C(=O)O)c1ccc(C(N)=O)cc1OCC. The number of carbonyl (C=O) groups is 2. The number of anilines is 1. The molecule has 3 N–H and O–H groups in total. The van der Waals surface area contributed by atoms with Crippen LogP contribution in [0.25, 0.3) is 0 Å². The van der Waals surface area contributed by atoms with Crippen molar-refractivity contribution in [2.75, 3.05) is 11.5 Å². The molecule has 1 aromatic rings. The molecule has 0 aliphatic carbocycles. The number of ether oxygens (including phenoxy) is 1. The van der Waals surface area contributed by atoms with Crippen molar-refractivity contribution in [3.8, 4) is 18.1 Å². The molecule has 0 atom stereocenters. The maximum Gasteiger partial charge on any atom is 0.412 e. The molecule has 1 aromatic carbocycles. The van der Waals surface area contributed by atoms with Crippen LogP contribution in [0.1, 0.15) is 44.0 Å². The van der Waals surface area contributed by atoms with Crippen LogP contribution < -0.4 is 15.4 Å². The van der Waals surface area contributed by atoms with Crippen molar-refractivity contribution >= 4 is 17.7 Å². The molecule has 124 valence electrons. The van der Waals surface area contributed by atoms with Crippen molar-refractivity contribution in [2.45, 2.75) is 39.2 Å². The van der Waals surface area contributed by atoms with Gasteiger partial charge in [-0.25, -0.2) is 4.79 Å². The Kier molecular flexibility index (Phi) is 6.02. The average Bonchev–Trinajstić information content (AvgIpc) is 2.46. The van der Waals surface area contributed by atoms with Crippen LogP contribution in [0, 0.1) is 12.3 Å². The molecule has 0 fully saturated rings. The number of nitrogens with zero attached hydrogens (tertiary/aromatic N) is 1. The third kappa shape index (κ3) is 4.39. The van der Waals surface area contributed by atoms with Crippen LogP contribution in [0.3, 0.4) is 0 Å². The molecule has 0 aliphatic heterocycles. The standard InChI is InChI=1S/C17H22N2O4/c1-5-7-10-17(3,4)19(16(21)22)13-9-8-12(15(18)20)11-14(13)23-6-2/h1,8-9,11H,6-7,10H2,2-4H3,(H2,18,20)(H,21,22). The van der Waals surface area contributed by atoms with Gasteiger partial charge in [-0.1, -0.05) is 0 Å². The van der Waals surface area contributed by atoms with Gasteiger partial charge in [0.2, 0.25) is 5.91 Å². The Balaban J connectivity index is 3.39. The molecule has 6 nitrogen and oxygen atoms in total. The summed E-state index contributed by atoms with van der Waals surface area (Å²) >= 11 is 0. The smallest absolute Gasteiger partial charge is 0.412 e. The minimum atomic E-state index is -1.13. The largest absolute Gasteiger partial charge is 0.492 e. The van der Waals surface area contributed by atoms with Gasteiger partial charge in [-0.15, -0.1) is 12.3 Å². The summed E-state index contributed by atoms with van der Waals surface area (Å²) < 4.78 is 5.51. The maximum atomic E-state index is 11.8. The number of benzene rings is 1. The van der Waals surface area contributed by atoms with Crippen molar-refractivity contribution in [1.82, 2.24) is 0 Å². The van der Waals surface area contributed by atoms with E-state index in [1.165, 1.54) is 23.1 Å². The quantitative estimate of drug-likeness (QED) is 0.756. The Morgan fingerprint density at radius 2 is 2.09 bits per heavy atom. The Morgan fingerprint density at radius 3 is 2.57 bits per heavy atom. The van der Waals surface area contributed by atoms with Crippen molar-refractivity contribution in [1.29, 1.82) is 0 Å². The molecule has 0 spiro atoms. The van der Waals surface area contributed by atoms with Crippen LogP contribution in [0.2, 0.25) is 0 Å². The Hall–Kier alpha value is -2.68. The summed E-state index contributed by atoms with van der Waals surface area (Å²) in [4.78, 5) is 24.3. The van der Waals surface area contributed by atoms with Crippen molar-refractivity contribution < 1.29 is 19.4 Å². The maximum absolute atomic E-state index is 11.8. The fourth-order valence-electron chi connectivity index (χ4n) is 2.30. The molecule has 0 radical (unpaired) electrons. The highest BCUT2D eigenvalue weighted by Gasteiger charge is 2.34. The summed E-state index contributed by atoms with van der Waals surface area (Å²) in [6, 6.07) is 4.46. The highest BCUT2D eigenvalue weighted by molar-refractivity contribution is 5.96. The van der Waals surface area contributed by atoms with Gasteiger partial charge in [-0.05, 0) is 45.4 Å². The van der Waals surface area contributed by atoms with Crippen LogP contribution in [0.15, 0.2) is 18.2 Å². The van der Waals surface area contributed by atoms with Crippen LogP contribution in [0.5, 0.6) is 5.75 Å². The number of terminal acetylenes is 1. The van der Waals surface area contributed by atoms with Gasteiger partial charge in [0.25, 0.3) is 0 Å². The van der Waals surface area contributed by atoms with Crippen LogP contribution in [0.4, 0.5) is 10.5 Å². The lowest BCUT2D eigenvalue weighted by Crippen LogP contribution is -2.47. The molecular weight excluding hydrogens is 296 g/mol. The van der Waals surface area contributed by atoms with Crippen LogP contribution in [-0.4, -0.2) is 29.3 Å².